The van der Waals surface area contributed by atoms with E-state index in [4.69, 9.17) is 5.32 Å². The van der Waals surface area contributed by atoms with Gasteiger partial charge in [-0.1, -0.05) is 42.5 Å². The minimum absolute atomic E-state index is 0.192. The lowest BCUT2D eigenvalue weighted by molar-refractivity contribution is 0.302. The number of piperidine rings is 1. The fourth-order valence-electron chi connectivity index (χ4n) is 2.92. The van der Waals surface area contributed by atoms with Crippen molar-refractivity contribution in [1.29, 1.82) is 0 Å². The van der Waals surface area contributed by atoms with Gasteiger partial charge >= 0.3 is 0 Å². The second kappa shape index (κ2) is 5.14. The molecule has 1 aliphatic heterocycles. The van der Waals surface area contributed by atoms with Crippen LogP contribution in [0.4, 0.5) is 4.39 Å². The number of rotatable bonds is 2. The van der Waals surface area contributed by atoms with Crippen molar-refractivity contribution in [3.8, 4) is 0 Å². The summed E-state index contributed by atoms with van der Waals surface area (Å²) in [6.45, 7) is 0.881. The summed E-state index contributed by atoms with van der Waals surface area (Å²) < 4.78 is 13.2. The Hall–Kier alpha value is -1.67. The van der Waals surface area contributed by atoms with Gasteiger partial charge in [-0.15, -0.1) is 0 Å². The molecule has 2 aromatic rings. The van der Waals surface area contributed by atoms with Crippen LogP contribution in [0.25, 0.3) is 0 Å². The Labute approximate surface area is 113 Å². The third kappa shape index (κ3) is 2.28. The van der Waals surface area contributed by atoms with Crippen molar-refractivity contribution < 1.29 is 4.39 Å². The highest BCUT2D eigenvalue weighted by molar-refractivity contribution is 5.38. The molecule has 1 aliphatic rings. The van der Waals surface area contributed by atoms with Crippen LogP contribution >= 0.6 is 0 Å². The summed E-state index contributed by atoms with van der Waals surface area (Å²) in [4.78, 5) is 0. The zero-order valence-corrected chi connectivity index (χ0v) is 10.8. The molecule has 1 radical (unpaired) electrons. The van der Waals surface area contributed by atoms with Crippen molar-refractivity contribution in [2.45, 2.75) is 24.8 Å². The van der Waals surface area contributed by atoms with Crippen LogP contribution in [-0.4, -0.2) is 6.54 Å². The molecular weight excluding hydrogens is 237 g/mol. The van der Waals surface area contributed by atoms with E-state index >= 15 is 0 Å². The second-order valence-electron chi connectivity index (χ2n) is 5.07. The zero-order valence-electron chi connectivity index (χ0n) is 10.8. The molecule has 1 heterocycles. The highest BCUT2D eigenvalue weighted by Gasteiger charge is 2.36. The zero-order chi connectivity index (χ0) is 13.1. The van der Waals surface area contributed by atoms with E-state index in [1.807, 2.05) is 30.3 Å². The third-order valence-electron chi connectivity index (χ3n) is 3.90. The first-order valence-corrected chi connectivity index (χ1v) is 6.81. The first-order chi connectivity index (χ1) is 9.31. The highest BCUT2D eigenvalue weighted by Crippen LogP contribution is 2.38. The Kier molecular flexibility index (Phi) is 3.34. The molecule has 0 aromatic heterocycles. The van der Waals surface area contributed by atoms with Crippen LogP contribution in [-0.2, 0) is 5.54 Å². The maximum absolute atomic E-state index is 13.2. The van der Waals surface area contributed by atoms with Crippen LogP contribution in [0, 0.1) is 5.82 Å². The lowest BCUT2D eigenvalue weighted by Gasteiger charge is -2.38. The van der Waals surface area contributed by atoms with Crippen molar-refractivity contribution >= 4 is 0 Å². The standard InChI is InChI=1S/C17H17FN/c18-16-10-8-15(9-11-16)17(12-4-5-13-19-17)14-6-2-1-3-7-14/h1-3,6-11H,4-5,12-13H2. The van der Waals surface area contributed by atoms with Crippen LogP contribution in [0.15, 0.2) is 54.6 Å². The molecule has 2 aromatic carbocycles. The third-order valence-corrected chi connectivity index (χ3v) is 3.90. The van der Waals surface area contributed by atoms with Gasteiger partial charge in [-0.05, 0) is 42.5 Å². The van der Waals surface area contributed by atoms with Gasteiger partial charge in [0.05, 0.1) is 5.54 Å². The minimum atomic E-state index is -0.285. The molecule has 0 bridgehead atoms. The molecule has 19 heavy (non-hydrogen) atoms. The first-order valence-electron chi connectivity index (χ1n) is 6.81. The van der Waals surface area contributed by atoms with Crippen LogP contribution < -0.4 is 5.32 Å². The quantitative estimate of drug-likeness (QED) is 0.772. The number of benzene rings is 2. The summed E-state index contributed by atoms with van der Waals surface area (Å²) in [5, 5.41) is 4.91. The van der Waals surface area contributed by atoms with E-state index in [2.05, 4.69) is 12.1 Å². The molecule has 2 heteroatoms. The van der Waals surface area contributed by atoms with E-state index in [-0.39, 0.29) is 11.4 Å². The lowest BCUT2D eigenvalue weighted by Crippen LogP contribution is -2.41. The van der Waals surface area contributed by atoms with E-state index < -0.39 is 0 Å². The lowest BCUT2D eigenvalue weighted by atomic mass is 9.77. The Morgan fingerprint density at radius 1 is 0.842 bits per heavy atom. The summed E-state index contributed by atoms with van der Waals surface area (Å²) in [6.07, 6.45) is 3.31. The SMILES string of the molecule is Fc1ccc(C2(c3ccccc3)CCCC[N]2)cc1. The molecule has 1 atom stereocenters. The number of hydrogen-bond donors (Lipinski definition) is 0. The van der Waals surface area contributed by atoms with Gasteiger partial charge in [0.25, 0.3) is 0 Å². The fraction of sp³-hybridized carbons (Fsp3) is 0.294. The summed E-state index contributed by atoms with van der Waals surface area (Å²) in [5.41, 5.74) is 2.02. The van der Waals surface area contributed by atoms with Crippen molar-refractivity contribution in [3.63, 3.8) is 0 Å². The van der Waals surface area contributed by atoms with Gasteiger partial charge in [0, 0.05) is 6.54 Å². The normalized spacial score (nSPS) is 23.2. The minimum Gasteiger partial charge on any atom is -0.226 e. The molecule has 1 fully saturated rings. The fourth-order valence-corrected chi connectivity index (χ4v) is 2.92. The van der Waals surface area contributed by atoms with E-state index in [9.17, 15) is 4.39 Å². The molecular formula is C17H17FN. The molecule has 0 aliphatic carbocycles. The number of nitrogens with zero attached hydrogens (tertiary/aromatic N) is 1. The maximum Gasteiger partial charge on any atom is 0.123 e. The number of halogens is 1. The van der Waals surface area contributed by atoms with E-state index in [1.165, 1.54) is 17.7 Å². The van der Waals surface area contributed by atoms with Crippen LogP contribution in [0.1, 0.15) is 30.4 Å². The molecule has 0 N–H and O–H groups in total. The maximum atomic E-state index is 13.2. The van der Waals surface area contributed by atoms with Crippen LogP contribution in [0.3, 0.4) is 0 Å². The van der Waals surface area contributed by atoms with Gasteiger partial charge < -0.3 is 0 Å². The Morgan fingerprint density at radius 3 is 2.16 bits per heavy atom. The first kappa shape index (κ1) is 12.4. The Bertz CT molecular complexity index is 527. The molecule has 0 spiro atoms. The van der Waals surface area contributed by atoms with E-state index in [0.29, 0.717) is 0 Å². The smallest absolute Gasteiger partial charge is 0.123 e. The molecule has 1 saturated heterocycles. The van der Waals surface area contributed by atoms with E-state index in [0.717, 1.165) is 31.4 Å². The van der Waals surface area contributed by atoms with E-state index in [1.54, 1.807) is 0 Å². The Morgan fingerprint density at radius 2 is 1.53 bits per heavy atom. The van der Waals surface area contributed by atoms with Crippen molar-refractivity contribution in [2.24, 2.45) is 0 Å². The number of hydrogen-bond acceptors (Lipinski definition) is 0. The average Bonchev–Trinajstić information content (AvgIpc) is 2.49. The molecule has 1 unspecified atom stereocenters. The summed E-state index contributed by atoms with van der Waals surface area (Å²) in [6, 6.07) is 17.2. The van der Waals surface area contributed by atoms with Gasteiger partial charge in [0.15, 0.2) is 0 Å². The van der Waals surface area contributed by atoms with Crippen LogP contribution in [0.5, 0.6) is 0 Å². The van der Waals surface area contributed by atoms with Gasteiger partial charge in [0.1, 0.15) is 5.82 Å². The van der Waals surface area contributed by atoms with Gasteiger partial charge in [-0.2, -0.15) is 0 Å². The largest absolute Gasteiger partial charge is 0.226 e. The van der Waals surface area contributed by atoms with Gasteiger partial charge in [0.2, 0.25) is 0 Å². The predicted octanol–water partition coefficient (Wildman–Crippen LogP) is 3.86. The highest BCUT2D eigenvalue weighted by atomic mass is 19.1. The Balaban J connectivity index is 2.09. The summed E-state index contributed by atoms with van der Waals surface area (Å²) in [5.74, 6) is -0.192. The van der Waals surface area contributed by atoms with Crippen LogP contribution in [0.2, 0.25) is 0 Å². The van der Waals surface area contributed by atoms with Crippen molar-refractivity contribution in [2.75, 3.05) is 6.54 Å². The van der Waals surface area contributed by atoms with Gasteiger partial charge in [-0.25, -0.2) is 9.71 Å². The molecule has 0 amide bonds. The molecule has 0 saturated carbocycles. The summed E-state index contributed by atoms with van der Waals surface area (Å²) in [7, 11) is 0. The monoisotopic (exact) mass is 254 g/mol. The predicted molar refractivity (Wildman–Crippen MR) is 74.5 cm³/mol. The average molecular weight is 254 g/mol. The molecule has 97 valence electrons. The van der Waals surface area contributed by atoms with Crippen molar-refractivity contribution in [3.05, 3.63) is 71.5 Å². The molecule has 3 rings (SSSR count). The van der Waals surface area contributed by atoms with Gasteiger partial charge in [-0.3, -0.25) is 0 Å². The summed E-state index contributed by atoms with van der Waals surface area (Å²) >= 11 is 0. The molecule has 1 nitrogen and oxygen atoms in total. The second-order valence-corrected chi connectivity index (χ2v) is 5.07. The topological polar surface area (TPSA) is 14.1 Å². The van der Waals surface area contributed by atoms with Crippen molar-refractivity contribution in [1.82, 2.24) is 5.32 Å².